The van der Waals surface area contributed by atoms with Crippen LogP contribution in [0.1, 0.15) is 25.3 Å². The quantitative estimate of drug-likeness (QED) is 0.184. The van der Waals surface area contributed by atoms with Gasteiger partial charge >= 0.3 is 0 Å². The molecule has 1 saturated heterocycles. The molecule has 0 radical (unpaired) electrons. The van der Waals surface area contributed by atoms with Gasteiger partial charge in [-0.05, 0) is 55.4 Å². The molecule has 1 heterocycles. The molecule has 5 unspecified atom stereocenters. The molecular formula is C25H33O7P. The van der Waals surface area contributed by atoms with Gasteiger partial charge in [-0.25, -0.2) is 0 Å². The van der Waals surface area contributed by atoms with Crippen molar-refractivity contribution < 1.29 is 34.1 Å². The zero-order valence-electron chi connectivity index (χ0n) is 19.1. The average molecular weight is 477 g/mol. The second-order valence-corrected chi connectivity index (χ2v) is 9.39. The summed E-state index contributed by atoms with van der Waals surface area (Å²) in [5.41, 5.74) is 0.958. The van der Waals surface area contributed by atoms with Crippen molar-refractivity contribution in [1.29, 1.82) is 0 Å². The Bertz CT molecular complexity index is 861. The lowest BCUT2D eigenvalue weighted by atomic mass is 10.0. The lowest BCUT2D eigenvalue weighted by Crippen LogP contribution is -2.49. The van der Waals surface area contributed by atoms with Crippen molar-refractivity contribution in [3.05, 3.63) is 66.2 Å². The lowest BCUT2D eigenvalue weighted by Gasteiger charge is -2.37. The van der Waals surface area contributed by atoms with Gasteiger partial charge in [0.15, 0.2) is 0 Å². The van der Waals surface area contributed by atoms with Gasteiger partial charge in [0.2, 0.25) is 6.29 Å². The van der Waals surface area contributed by atoms with E-state index in [0.29, 0.717) is 36.0 Å². The highest BCUT2D eigenvalue weighted by atomic mass is 31.1. The summed E-state index contributed by atoms with van der Waals surface area (Å²) < 4.78 is 22.1. The van der Waals surface area contributed by atoms with Crippen LogP contribution < -0.4 is 4.74 Å². The van der Waals surface area contributed by atoms with E-state index in [2.05, 4.69) is 12.5 Å². The molecule has 2 rings (SSSR count). The molecule has 7 nitrogen and oxygen atoms in total. The highest BCUT2D eigenvalue weighted by Crippen LogP contribution is 2.38. The number of ether oxygens (including phenoxy) is 4. The minimum Gasteiger partial charge on any atom is -0.501 e. The number of rotatable bonds is 12. The van der Waals surface area contributed by atoms with Crippen LogP contribution in [0.15, 0.2) is 60.6 Å². The van der Waals surface area contributed by atoms with Gasteiger partial charge in [0.1, 0.15) is 24.2 Å². The van der Waals surface area contributed by atoms with E-state index in [4.69, 9.17) is 25.4 Å². The molecule has 5 atom stereocenters. The summed E-state index contributed by atoms with van der Waals surface area (Å²) in [6.45, 7) is 5.68. The third-order valence-electron chi connectivity index (χ3n) is 5.06. The van der Waals surface area contributed by atoms with Crippen LogP contribution >= 0.6 is 8.15 Å². The topological polar surface area (TPSA) is 97.6 Å². The molecule has 0 aliphatic carbocycles. The monoisotopic (exact) mass is 476 g/mol. The Balaban J connectivity index is 1.91. The molecule has 180 valence electrons. The Morgan fingerprint density at radius 1 is 1.36 bits per heavy atom. The molecule has 1 aromatic rings. The summed E-state index contributed by atoms with van der Waals surface area (Å²) in [5.74, 6) is 4.14. The number of hydrogen-bond donors (Lipinski definition) is 3. The number of hydrogen-bond acceptors (Lipinski definition) is 7. The van der Waals surface area contributed by atoms with Gasteiger partial charge in [0.05, 0.1) is 25.1 Å². The van der Waals surface area contributed by atoms with Crippen LogP contribution in [0.2, 0.25) is 0 Å². The minimum absolute atomic E-state index is 0.193. The SMILES string of the molecule is C#CCOc1cccc(CP(O)CCC2CC(O)C(O)C(O/C(C=C)=C/C=C(\C)OC)O2)c1. The first-order valence-corrected chi connectivity index (χ1v) is 12.3. The molecule has 0 amide bonds. The molecular weight excluding hydrogens is 443 g/mol. The fourth-order valence-electron chi connectivity index (χ4n) is 3.20. The van der Waals surface area contributed by atoms with Gasteiger partial charge in [0.25, 0.3) is 0 Å². The number of aliphatic hydroxyl groups excluding tert-OH is 2. The first kappa shape index (κ1) is 26.9. The van der Waals surface area contributed by atoms with Gasteiger partial charge in [-0.1, -0.05) is 24.6 Å². The van der Waals surface area contributed by atoms with Crippen LogP contribution in [-0.2, 0) is 20.4 Å². The van der Waals surface area contributed by atoms with Crippen molar-refractivity contribution in [2.75, 3.05) is 19.9 Å². The van der Waals surface area contributed by atoms with E-state index in [-0.39, 0.29) is 19.1 Å². The third-order valence-corrected chi connectivity index (χ3v) is 6.56. The van der Waals surface area contributed by atoms with Crippen LogP contribution in [0.3, 0.4) is 0 Å². The molecule has 0 aromatic heterocycles. The largest absolute Gasteiger partial charge is 0.501 e. The summed E-state index contributed by atoms with van der Waals surface area (Å²) >= 11 is 0. The van der Waals surface area contributed by atoms with Gasteiger partial charge in [-0.2, -0.15) is 0 Å². The van der Waals surface area contributed by atoms with Crippen LogP contribution in [0.4, 0.5) is 0 Å². The average Bonchev–Trinajstić information content (AvgIpc) is 2.81. The molecule has 33 heavy (non-hydrogen) atoms. The van der Waals surface area contributed by atoms with Crippen LogP contribution in [0.5, 0.6) is 5.75 Å². The Kier molecular flexibility index (Phi) is 11.5. The molecule has 1 fully saturated rings. The van der Waals surface area contributed by atoms with Gasteiger partial charge in [-0.3, -0.25) is 0 Å². The standard InChI is InChI=1S/C25H33O7P/c1-5-13-30-21-9-7-8-19(15-21)17-33(28)14-12-22-16-23(26)24(27)25(32-22)31-20(6-2)11-10-18(3)29-4/h1,6-11,15,22-28H,2,12-14,16-17H2,3-4H3/b18-10+,20-11+. The summed E-state index contributed by atoms with van der Waals surface area (Å²) in [6, 6.07) is 7.48. The summed E-state index contributed by atoms with van der Waals surface area (Å²) in [4.78, 5) is 10.6. The zero-order valence-corrected chi connectivity index (χ0v) is 20.0. The fraction of sp³-hybridized carbons (Fsp3) is 0.440. The maximum Gasteiger partial charge on any atom is 0.228 e. The number of benzene rings is 1. The predicted molar refractivity (Wildman–Crippen MR) is 129 cm³/mol. The zero-order chi connectivity index (χ0) is 24.2. The maximum absolute atomic E-state index is 10.6. The maximum atomic E-state index is 10.6. The van der Waals surface area contributed by atoms with E-state index < -0.39 is 26.6 Å². The smallest absolute Gasteiger partial charge is 0.228 e. The molecule has 1 aromatic carbocycles. The predicted octanol–water partition coefficient (Wildman–Crippen LogP) is 3.45. The second-order valence-electron chi connectivity index (χ2n) is 7.61. The van der Waals surface area contributed by atoms with E-state index in [9.17, 15) is 15.1 Å². The van der Waals surface area contributed by atoms with Crippen molar-refractivity contribution >= 4 is 8.15 Å². The first-order chi connectivity index (χ1) is 15.9. The molecule has 0 bridgehead atoms. The minimum atomic E-state index is -1.29. The van der Waals surface area contributed by atoms with Crippen LogP contribution in [-0.4, -0.2) is 59.6 Å². The highest BCUT2D eigenvalue weighted by Gasteiger charge is 2.38. The summed E-state index contributed by atoms with van der Waals surface area (Å²) in [6.07, 6.45) is 8.26. The van der Waals surface area contributed by atoms with Crippen LogP contribution in [0, 0.1) is 12.3 Å². The number of terminal acetylenes is 1. The Hall–Kier alpha value is -2.33. The lowest BCUT2D eigenvalue weighted by molar-refractivity contribution is -0.252. The molecule has 8 heteroatoms. The number of aliphatic hydroxyl groups is 2. The van der Waals surface area contributed by atoms with E-state index in [1.54, 1.807) is 26.2 Å². The summed E-state index contributed by atoms with van der Waals surface area (Å²) in [5, 5.41) is 20.6. The second kappa shape index (κ2) is 14.0. The number of allylic oxidation sites excluding steroid dienone is 4. The normalized spacial score (nSPS) is 24.5. The van der Waals surface area contributed by atoms with Gasteiger partial charge in [-0.15, -0.1) is 6.42 Å². The van der Waals surface area contributed by atoms with Crippen molar-refractivity contribution in [1.82, 2.24) is 0 Å². The first-order valence-electron chi connectivity index (χ1n) is 10.7. The van der Waals surface area contributed by atoms with E-state index in [1.165, 1.54) is 6.08 Å². The van der Waals surface area contributed by atoms with Crippen molar-refractivity contribution in [2.45, 2.75) is 50.5 Å². The van der Waals surface area contributed by atoms with E-state index in [0.717, 1.165) is 5.56 Å². The summed E-state index contributed by atoms with van der Waals surface area (Å²) in [7, 11) is 0.267. The van der Waals surface area contributed by atoms with Crippen molar-refractivity contribution in [2.24, 2.45) is 0 Å². The van der Waals surface area contributed by atoms with Crippen LogP contribution in [0.25, 0.3) is 0 Å². The molecule has 1 aliphatic rings. The van der Waals surface area contributed by atoms with Gasteiger partial charge in [0, 0.05) is 20.7 Å². The van der Waals surface area contributed by atoms with E-state index in [1.807, 2.05) is 24.3 Å². The molecule has 0 saturated carbocycles. The van der Waals surface area contributed by atoms with Crippen molar-refractivity contribution in [3.63, 3.8) is 0 Å². The fourth-order valence-corrected chi connectivity index (χ4v) is 4.56. The molecule has 1 aliphatic heterocycles. The molecule has 0 spiro atoms. The highest BCUT2D eigenvalue weighted by molar-refractivity contribution is 7.50. The molecule has 3 N–H and O–H groups in total. The Labute approximate surface area is 197 Å². The Morgan fingerprint density at radius 3 is 2.85 bits per heavy atom. The van der Waals surface area contributed by atoms with E-state index >= 15 is 0 Å². The van der Waals surface area contributed by atoms with Gasteiger partial charge < -0.3 is 34.1 Å². The van der Waals surface area contributed by atoms with Crippen molar-refractivity contribution in [3.8, 4) is 18.1 Å². The third kappa shape index (κ3) is 9.21. The Morgan fingerprint density at radius 2 is 2.15 bits per heavy atom. The number of methoxy groups -OCH3 is 1.